The van der Waals surface area contributed by atoms with Gasteiger partial charge in [0.15, 0.2) is 6.61 Å². The zero-order chi connectivity index (χ0) is 19.8. The molecule has 0 saturated heterocycles. The number of rotatable bonds is 4. The Labute approximate surface area is 156 Å². The number of benzene rings is 1. The van der Waals surface area contributed by atoms with E-state index in [4.69, 9.17) is 4.74 Å². The minimum absolute atomic E-state index is 0.113. The van der Waals surface area contributed by atoms with Crippen LogP contribution < -0.4 is 0 Å². The molecule has 0 unspecified atom stereocenters. The molecule has 0 fully saturated rings. The third-order valence-corrected chi connectivity index (χ3v) is 4.92. The lowest BCUT2D eigenvalue weighted by Gasteiger charge is -2.14. The van der Waals surface area contributed by atoms with Gasteiger partial charge in [0, 0.05) is 26.9 Å². The number of Topliss-reactive ketones (excluding diaryl/α,β-unsaturated/α-hetero) is 1. The van der Waals surface area contributed by atoms with Gasteiger partial charge in [-0.25, -0.2) is 4.79 Å². The number of ketones is 1. The van der Waals surface area contributed by atoms with Gasteiger partial charge in [0.25, 0.3) is 0 Å². The molecule has 0 aliphatic carbocycles. The number of aryl methyl sites for hydroxylation is 2. The first-order valence-corrected chi connectivity index (χ1v) is 8.72. The molecule has 0 spiro atoms. The number of carbonyl (C=O) groups excluding carboxylic acids is 2. The van der Waals surface area contributed by atoms with Crippen molar-refractivity contribution in [3.63, 3.8) is 0 Å². The van der Waals surface area contributed by atoms with Gasteiger partial charge < -0.3 is 4.74 Å². The molecule has 0 amide bonds. The Bertz CT molecular complexity index is 1040. The smallest absolute Gasteiger partial charge is 0.417 e. The quantitative estimate of drug-likeness (QED) is 0.464. The molecule has 0 bridgehead atoms. The molecular formula is C19H14F3NO3S. The summed E-state index contributed by atoms with van der Waals surface area (Å²) >= 11 is 1.42. The maximum absolute atomic E-state index is 13.6. The van der Waals surface area contributed by atoms with E-state index in [-0.39, 0.29) is 10.9 Å². The number of carbonyl (C=O) groups is 2. The Morgan fingerprint density at radius 2 is 1.85 bits per heavy atom. The van der Waals surface area contributed by atoms with Gasteiger partial charge in [-0.05, 0) is 26.0 Å². The van der Waals surface area contributed by atoms with E-state index in [9.17, 15) is 22.8 Å². The van der Waals surface area contributed by atoms with Crippen molar-refractivity contribution in [1.29, 1.82) is 0 Å². The molecule has 4 nitrogen and oxygen atoms in total. The van der Waals surface area contributed by atoms with E-state index < -0.39 is 35.7 Å². The number of pyridine rings is 1. The molecule has 0 atom stereocenters. The van der Waals surface area contributed by atoms with Crippen LogP contribution in [0, 0.1) is 13.8 Å². The summed E-state index contributed by atoms with van der Waals surface area (Å²) in [6.45, 7) is 2.94. The lowest BCUT2D eigenvalue weighted by molar-refractivity contribution is -0.136. The monoisotopic (exact) mass is 393 g/mol. The van der Waals surface area contributed by atoms with E-state index in [1.807, 2.05) is 6.92 Å². The fourth-order valence-corrected chi connectivity index (χ4v) is 3.74. The van der Waals surface area contributed by atoms with Gasteiger partial charge in [-0.15, -0.1) is 11.3 Å². The molecule has 0 aliphatic rings. The van der Waals surface area contributed by atoms with Gasteiger partial charge in [0.2, 0.25) is 5.78 Å². The van der Waals surface area contributed by atoms with Gasteiger partial charge in [0.05, 0.1) is 16.6 Å². The van der Waals surface area contributed by atoms with E-state index in [1.165, 1.54) is 29.5 Å². The van der Waals surface area contributed by atoms with Gasteiger partial charge >= 0.3 is 12.1 Å². The van der Waals surface area contributed by atoms with Crippen LogP contribution in [0.25, 0.3) is 10.9 Å². The summed E-state index contributed by atoms with van der Waals surface area (Å²) in [6, 6.07) is 7.31. The van der Waals surface area contributed by atoms with Crippen molar-refractivity contribution in [2.75, 3.05) is 6.61 Å². The maximum atomic E-state index is 13.6. The van der Waals surface area contributed by atoms with Crippen LogP contribution in [0.2, 0.25) is 0 Å². The van der Waals surface area contributed by atoms with Crippen LogP contribution in [0.15, 0.2) is 36.5 Å². The topological polar surface area (TPSA) is 56.3 Å². The molecule has 0 aliphatic heterocycles. The van der Waals surface area contributed by atoms with Crippen molar-refractivity contribution >= 4 is 34.0 Å². The van der Waals surface area contributed by atoms with E-state index in [0.717, 1.165) is 16.0 Å². The number of aromatic nitrogens is 1. The van der Waals surface area contributed by atoms with Crippen molar-refractivity contribution in [3.8, 4) is 0 Å². The lowest BCUT2D eigenvalue weighted by atomic mass is 10.0. The number of esters is 1. The number of fused-ring (bicyclic) bond motifs is 1. The van der Waals surface area contributed by atoms with E-state index in [2.05, 4.69) is 4.98 Å². The molecule has 3 rings (SSSR count). The molecule has 27 heavy (non-hydrogen) atoms. The number of hydrogen-bond donors (Lipinski definition) is 0. The van der Waals surface area contributed by atoms with Gasteiger partial charge in [0.1, 0.15) is 0 Å². The molecule has 2 aromatic heterocycles. The summed E-state index contributed by atoms with van der Waals surface area (Å²) in [6.07, 6.45) is -3.94. The minimum atomic E-state index is -4.78. The minimum Gasteiger partial charge on any atom is -0.454 e. The first kappa shape index (κ1) is 19.0. The Hall–Kier alpha value is -2.74. The maximum Gasteiger partial charge on any atom is 0.417 e. The number of para-hydroxylation sites is 1. The van der Waals surface area contributed by atoms with Crippen molar-refractivity contribution in [1.82, 2.24) is 4.98 Å². The Balaban J connectivity index is 1.90. The van der Waals surface area contributed by atoms with Crippen molar-refractivity contribution in [2.24, 2.45) is 0 Å². The van der Waals surface area contributed by atoms with E-state index in [0.29, 0.717) is 5.56 Å². The number of alkyl halides is 3. The molecule has 0 saturated carbocycles. The standard InChI is InChI=1S/C19H14F3NO3S/c1-10-7-13(11(2)27-10)16(24)9-26-18(25)14-8-23-15-6-4-3-5-12(15)17(14)19(20,21)22/h3-8H,9H2,1-2H3. The third kappa shape index (κ3) is 3.85. The lowest BCUT2D eigenvalue weighted by Crippen LogP contribution is -2.19. The van der Waals surface area contributed by atoms with Crippen LogP contribution in [0.1, 0.15) is 36.0 Å². The molecule has 0 radical (unpaired) electrons. The molecule has 3 aromatic rings. The summed E-state index contributed by atoms with van der Waals surface area (Å²) in [5.41, 5.74) is -1.32. The number of hydrogen-bond acceptors (Lipinski definition) is 5. The largest absolute Gasteiger partial charge is 0.454 e. The Morgan fingerprint density at radius 1 is 1.15 bits per heavy atom. The number of nitrogens with zero attached hydrogens (tertiary/aromatic N) is 1. The van der Waals surface area contributed by atoms with Crippen LogP contribution >= 0.6 is 11.3 Å². The number of halogens is 3. The average Bonchev–Trinajstić information content (AvgIpc) is 2.95. The van der Waals surface area contributed by atoms with Crippen LogP contribution in [-0.2, 0) is 10.9 Å². The highest BCUT2D eigenvalue weighted by Crippen LogP contribution is 2.37. The van der Waals surface area contributed by atoms with Crippen LogP contribution in [0.5, 0.6) is 0 Å². The number of ether oxygens (including phenoxy) is 1. The summed E-state index contributed by atoms with van der Waals surface area (Å²) in [7, 11) is 0. The van der Waals surface area contributed by atoms with Crippen molar-refractivity contribution < 1.29 is 27.5 Å². The summed E-state index contributed by atoms with van der Waals surface area (Å²) in [4.78, 5) is 30.0. The zero-order valence-electron chi connectivity index (χ0n) is 14.4. The molecule has 1 aromatic carbocycles. The van der Waals surface area contributed by atoms with Crippen LogP contribution in [-0.4, -0.2) is 23.3 Å². The van der Waals surface area contributed by atoms with Gasteiger partial charge in [-0.2, -0.15) is 13.2 Å². The second kappa shape index (κ2) is 7.11. The molecule has 0 N–H and O–H groups in total. The normalized spacial score (nSPS) is 11.6. The van der Waals surface area contributed by atoms with Gasteiger partial charge in [-0.3, -0.25) is 9.78 Å². The molecule has 140 valence electrons. The highest BCUT2D eigenvalue weighted by molar-refractivity contribution is 7.12. The second-order valence-corrected chi connectivity index (χ2v) is 7.35. The van der Waals surface area contributed by atoms with Crippen molar-refractivity contribution in [3.05, 3.63) is 63.0 Å². The summed E-state index contributed by atoms with van der Waals surface area (Å²) < 4.78 is 45.5. The average molecular weight is 393 g/mol. The van der Waals surface area contributed by atoms with Crippen molar-refractivity contribution in [2.45, 2.75) is 20.0 Å². The fourth-order valence-electron chi connectivity index (χ4n) is 2.80. The number of thiophene rings is 1. The predicted molar refractivity (Wildman–Crippen MR) is 95.2 cm³/mol. The highest BCUT2D eigenvalue weighted by atomic mass is 32.1. The summed E-state index contributed by atoms with van der Waals surface area (Å²) in [5.74, 6) is -1.70. The second-order valence-electron chi connectivity index (χ2n) is 5.89. The third-order valence-electron chi connectivity index (χ3n) is 3.95. The van der Waals surface area contributed by atoms with Gasteiger partial charge in [-0.1, -0.05) is 18.2 Å². The molecule has 8 heteroatoms. The first-order valence-electron chi connectivity index (χ1n) is 7.90. The van der Waals surface area contributed by atoms with E-state index >= 15 is 0 Å². The van der Waals surface area contributed by atoms with Crippen LogP contribution in [0.3, 0.4) is 0 Å². The Kier molecular flexibility index (Phi) is 5.01. The van der Waals surface area contributed by atoms with Crippen LogP contribution in [0.4, 0.5) is 13.2 Å². The van der Waals surface area contributed by atoms with E-state index in [1.54, 1.807) is 19.1 Å². The molecular weight excluding hydrogens is 379 g/mol. The zero-order valence-corrected chi connectivity index (χ0v) is 15.2. The first-order chi connectivity index (χ1) is 12.7. The fraction of sp³-hybridized carbons (Fsp3) is 0.211. The SMILES string of the molecule is Cc1cc(C(=O)COC(=O)c2cnc3ccccc3c2C(F)(F)F)c(C)s1. The molecule has 2 heterocycles. The summed E-state index contributed by atoms with van der Waals surface area (Å²) in [5, 5.41) is -0.199. The highest BCUT2D eigenvalue weighted by Gasteiger charge is 2.38. The predicted octanol–water partition coefficient (Wildman–Crippen LogP) is 4.97. The Morgan fingerprint density at radius 3 is 2.48 bits per heavy atom.